The first-order chi connectivity index (χ1) is 7.63. The summed E-state index contributed by atoms with van der Waals surface area (Å²) in [7, 11) is 0. The Morgan fingerprint density at radius 2 is 2.06 bits per heavy atom. The van der Waals surface area contributed by atoms with Crippen molar-refractivity contribution in [2.24, 2.45) is 5.73 Å². The lowest BCUT2D eigenvalue weighted by molar-refractivity contribution is -0.137. The average Bonchev–Trinajstić information content (AvgIpc) is 2.26. The van der Waals surface area contributed by atoms with Crippen molar-refractivity contribution in [2.75, 3.05) is 6.61 Å². The van der Waals surface area contributed by atoms with E-state index in [2.05, 4.69) is 0 Å². The lowest BCUT2D eigenvalue weighted by Crippen LogP contribution is -2.14. The van der Waals surface area contributed by atoms with Gasteiger partial charge in [0.15, 0.2) is 0 Å². The first-order valence-corrected chi connectivity index (χ1v) is 5.33. The molecule has 16 heavy (non-hydrogen) atoms. The Balaban J connectivity index is 2.59. The average molecular weight is 223 g/mol. The highest BCUT2D eigenvalue weighted by Gasteiger charge is 2.10. The molecule has 0 aliphatic heterocycles. The van der Waals surface area contributed by atoms with E-state index < -0.39 is 12.0 Å². The monoisotopic (exact) mass is 223 g/mol. The largest absolute Gasteiger partial charge is 0.494 e. The maximum absolute atomic E-state index is 10.5. The van der Waals surface area contributed by atoms with E-state index in [1.165, 1.54) is 0 Å². The van der Waals surface area contributed by atoms with Crippen molar-refractivity contribution in [3.05, 3.63) is 29.8 Å². The highest BCUT2D eigenvalue weighted by atomic mass is 16.5. The number of hydrogen-bond donors (Lipinski definition) is 2. The van der Waals surface area contributed by atoms with Crippen LogP contribution in [0.3, 0.4) is 0 Å². The number of rotatable bonds is 6. The standard InChI is InChI=1S/C12H17NO3/c1-2-7-16-10-5-3-9(4-6-10)11(13)8-12(14)15/h3-6,11H,2,7-8,13H2,1H3,(H,14,15). The summed E-state index contributed by atoms with van der Waals surface area (Å²) < 4.78 is 5.41. The molecule has 0 heterocycles. The van der Waals surface area contributed by atoms with Crippen LogP contribution < -0.4 is 10.5 Å². The molecular formula is C12H17NO3. The molecule has 3 N–H and O–H groups in total. The molecule has 0 radical (unpaired) electrons. The highest BCUT2D eigenvalue weighted by Crippen LogP contribution is 2.18. The number of ether oxygens (including phenoxy) is 1. The van der Waals surface area contributed by atoms with Crippen LogP contribution in [-0.2, 0) is 4.79 Å². The number of benzene rings is 1. The summed E-state index contributed by atoms with van der Waals surface area (Å²) in [6.45, 7) is 2.72. The lowest BCUT2D eigenvalue weighted by atomic mass is 10.1. The van der Waals surface area contributed by atoms with Gasteiger partial charge in [-0.25, -0.2) is 0 Å². The molecule has 88 valence electrons. The maximum Gasteiger partial charge on any atom is 0.305 e. The van der Waals surface area contributed by atoms with Gasteiger partial charge in [-0.1, -0.05) is 19.1 Å². The lowest BCUT2D eigenvalue weighted by Gasteiger charge is -2.10. The molecule has 1 aromatic carbocycles. The van der Waals surface area contributed by atoms with Crippen molar-refractivity contribution in [3.8, 4) is 5.75 Å². The van der Waals surface area contributed by atoms with Crippen LogP contribution in [0.4, 0.5) is 0 Å². The number of nitrogens with two attached hydrogens (primary N) is 1. The smallest absolute Gasteiger partial charge is 0.305 e. The van der Waals surface area contributed by atoms with E-state index in [4.69, 9.17) is 15.6 Å². The van der Waals surface area contributed by atoms with Gasteiger partial charge in [-0.15, -0.1) is 0 Å². The predicted octanol–water partition coefficient (Wildman–Crippen LogP) is 1.95. The number of carbonyl (C=O) groups is 1. The summed E-state index contributed by atoms with van der Waals surface area (Å²) in [5.41, 5.74) is 6.54. The van der Waals surface area contributed by atoms with Crippen molar-refractivity contribution in [1.82, 2.24) is 0 Å². The van der Waals surface area contributed by atoms with Gasteiger partial charge >= 0.3 is 5.97 Å². The molecule has 0 amide bonds. The topological polar surface area (TPSA) is 72.5 Å². The molecule has 0 spiro atoms. The molecule has 1 aromatic rings. The Bertz CT molecular complexity index is 335. The van der Waals surface area contributed by atoms with Gasteiger partial charge in [0.2, 0.25) is 0 Å². The Labute approximate surface area is 95.0 Å². The minimum absolute atomic E-state index is 0.0604. The Morgan fingerprint density at radius 3 is 2.56 bits per heavy atom. The van der Waals surface area contributed by atoms with E-state index in [-0.39, 0.29) is 6.42 Å². The summed E-state index contributed by atoms with van der Waals surface area (Å²) in [5.74, 6) is -0.105. The summed E-state index contributed by atoms with van der Waals surface area (Å²) in [6.07, 6.45) is 0.898. The van der Waals surface area contributed by atoms with Gasteiger partial charge in [-0.3, -0.25) is 4.79 Å². The van der Waals surface area contributed by atoms with E-state index in [0.717, 1.165) is 17.7 Å². The van der Waals surface area contributed by atoms with Crippen LogP contribution in [0.25, 0.3) is 0 Å². The van der Waals surface area contributed by atoms with Gasteiger partial charge in [0.25, 0.3) is 0 Å². The predicted molar refractivity (Wildman–Crippen MR) is 61.4 cm³/mol. The zero-order valence-corrected chi connectivity index (χ0v) is 9.35. The van der Waals surface area contributed by atoms with Crippen molar-refractivity contribution in [1.29, 1.82) is 0 Å². The fourth-order valence-electron chi connectivity index (χ4n) is 1.34. The molecule has 0 fully saturated rings. The second-order valence-electron chi connectivity index (χ2n) is 3.62. The first kappa shape index (κ1) is 12.5. The normalized spacial score (nSPS) is 12.1. The second-order valence-corrected chi connectivity index (χ2v) is 3.62. The molecular weight excluding hydrogens is 206 g/mol. The molecule has 0 bridgehead atoms. The Morgan fingerprint density at radius 1 is 1.44 bits per heavy atom. The first-order valence-electron chi connectivity index (χ1n) is 5.33. The van der Waals surface area contributed by atoms with Crippen molar-refractivity contribution in [2.45, 2.75) is 25.8 Å². The summed E-state index contributed by atoms with van der Waals surface area (Å²) in [4.78, 5) is 10.5. The van der Waals surface area contributed by atoms with E-state index in [0.29, 0.717) is 6.61 Å². The third-order valence-electron chi connectivity index (χ3n) is 2.18. The molecule has 1 unspecified atom stereocenters. The summed E-state index contributed by atoms with van der Waals surface area (Å²) >= 11 is 0. The highest BCUT2D eigenvalue weighted by molar-refractivity contribution is 5.67. The quantitative estimate of drug-likeness (QED) is 0.773. The third kappa shape index (κ3) is 3.90. The summed E-state index contributed by atoms with van der Waals surface area (Å²) in [6, 6.07) is 6.77. The van der Waals surface area contributed by atoms with Crippen molar-refractivity contribution >= 4 is 5.97 Å². The minimum atomic E-state index is -0.890. The van der Waals surface area contributed by atoms with Crippen molar-refractivity contribution < 1.29 is 14.6 Å². The maximum atomic E-state index is 10.5. The second kappa shape index (κ2) is 6.12. The Kier molecular flexibility index (Phi) is 4.79. The van der Waals surface area contributed by atoms with Gasteiger partial charge in [0, 0.05) is 6.04 Å². The van der Waals surface area contributed by atoms with Crippen LogP contribution in [0.2, 0.25) is 0 Å². The molecule has 0 aliphatic rings. The molecule has 4 heteroatoms. The van der Waals surface area contributed by atoms with Crippen LogP contribution in [-0.4, -0.2) is 17.7 Å². The Hall–Kier alpha value is -1.55. The number of carboxylic acids is 1. The third-order valence-corrected chi connectivity index (χ3v) is 2.18. The SMILES string of the molecule is CCCOc1ccc(C(N)CC(=O)O)cc1. The van der Waals surface area contributed by atoms with Gasteiger partial charge in [0.05, 0.1) is 13.0 Å². The molecule has 0 aromatic heterocycles. The number of carboxylic acid groups (broad SMARTS) is 1. The minimum Gasteiger partial charge on any atom is -0.494 e. The van der Waals surface area contributed by atoms with E-state index in [1.54, 1.807) is 12.1 Å². The zero-order chi connectivity index (χ0) is 12.0. The summed E-state index contributed by atoms with van der Waals surface area (Å²) in [5, 5.41) is 8.61. The van der Waals surface area contributed by atoms with E-state index >= 15 is 0 Å². The van der Waals surface area contributed by atoms with Crippen LogP contribution in [0.1, 0.15) is 31.4 Å². The van der Waals surface area contributed by atoms with Gasteiger partial charge < -0.3 is 15.6 Å². The van der Waals surface area contributed by atoms with Crippen LogP contribution >= 0.6 is 0 Å². The fourth-order valence-corrected chi connectivity index (χ4v) is 1.34. The molecule has 0 saturated heterocycles. The zero-order valence-electron chi connectivity index (χ0n) is 9.35. The molecule has 1 rings (SSSR count). The number of hydrogen-bond acceptors (Lipinski definition) is 3. The van der Waals surface area contributed by atoms with Gasteiger partial charge in [-0.2, -0.15) is 0 Å². The molecule has 0 aliphatic carbocycles. The molecule has 0 saturated carbocycles. The number of aliphatic carboxylic acids is 1. The van der Waals surface area contributed by atoms with Crippen molar-refractivity contribution in [3.63, 3.8) is 0 Å². The fraction of sp³-hybridized carbons (Fsp3) is 0.417. The van der Waals surface area contributed by atoms with Crippen LogP contribution in [0.5, 0.6) is 5.75 Å². The van der Waals surface area contributed by atoms with E-state index in [1.807, 2.05) is 19.1 Å². The molecule has 1 atom stereocenters. The van der Waals surface area contributed by atoms with Crippen LogP contribution in [0, 0.1) is 0 Å². The van der Waals surface area contributed by atoms with Crippen LogP contribution in [0.15, 0.2) is 24.3 Å². The van der Waals surface area contributed by atoms with Gasteiger partial charge in [0.1, 0.15) is 5.75 Å². The van der Waals surface area contributed by atoms with Gasteiger partial charge in [-0.05, 0) is 24.1 Å². The molecule has 4 nitrogen and oxygen atoms in total. The van der Waals surface area contributed by atoms with E-state index in [9.17, 15) is 4.79 Å².